The van der Waals surface area contributed by atoms with Gasteiger partial charge < -0.3 is 9.84 Å². The highest BCUT2D eigenvalue weighted by Crippen LogP contribution is 2.38. The molecule has 0 unspecified atom stereocenters. The zero-order valence-corrected chi connectivity index (χ0v) is 13.1. The van der Waals surface area contributed by atoms with Gasteiger partial charge in [0.2, 0.25) is 0 Å². The predicted molar refractivity (Wildman–Crippen MR) is 82.2 cm³/mol. The Balaban J connectivity index is 1.56. The summed E-state index contributed by atoms with van der Waals surface area (Å²) in [6, 6.07) is 4.60. The van der Waals surface area contributed by atoms with Crippen LogP contribution in [0.4, 0.5) is 0 Å². The second kappa shape index (κ2) is 6.56. The van der Waals surface area contributed by atoms with E-state index in [1.165, 1.54) is 30.6 Å². The van der Waals surface area contributed by atoms with Crippen molar-refractivity contribution in [3.63, 3.8) is 0 Å². The van der Waals surface area contributed by atoms with Gasteiger partial charge in [-0.25, -0.2) is 0 Å². The van der Waals surface area contributed by atoms with E-state index in [0.717, 1.165) is 25.6 Å². The zero-order chi connectivity index (χ0) is 13.9. The van der Waals surface area contributed by atoms with E-state index in [4.69, 9.17) is 4.74 Å². The van der Waals surface area contributed by atoms with E-state index in [0.29, 0.717) is 6.61 Å². The van der Waals surface area contributed by atoms with Gasteiger partial charge in [-0.15, -0.1) is 11.3 Å². The SMILES string of the molecule is CCO[C@@H]1CN(Cc2ccc(C3CCCC3)s2)C[C@H]1O. The van der Waals surface area contributed by atoms with Crippen molar-refractivity contribution >= 4 is 11.3 Å². The highest BCUT2D eigenvalue weighted by Gasteiger charge is 2.31. The maximum atomic E-state index is 9.98. The number of β-amino-alcohol motifs (C(OH)–C–C–N with tert-alkyl or cyclic N) is 1. The van der Waals surface area contributed by atoms with Crippen molar-refractivity contribution in [1.29, 1.82) is 0 Å². The molecule has 1 aliphatic carbocycles. The monoisotopic (exact) mass is 295 g/mol. The van der Waals surface area contributed by atoms with Crippen LogP contribution in [0.5, 0.6) is 0 Å². The Labute approximate surface area is 125 Å². The third kappa shape index (κ3) is 3.25. The minimum Gasteiger partial charge on any atom is -0.389 e. The molecule has 3 rings (SSSR count). The molecule has 2 atom stereocenters. The highest BCUT2D eigenvalue weighted by molar-refractivity contribution is 7.12. The lowest BCUT2D eigenvalue weighted by Gasteiger charge is -2.14. The topological polar surface area (TPSA) is 32.7 Å². The fourth-order valence-electron chi connectivity index (χ4n) is 3.47. The first-order valence-corrected chi connectivity index (χ1v) is 8.68. The van der Waals surface area contributed by atoms with Gasteiger partial charge in [0, 0.05) is 36.0 Å². The Kier molecular flexibility index (Phi) is 4.76. The highest BCUT2D eigenvalue weighted by atomic mass is 32.1. The average Bonchev–Trinajstić information content (AvgIpc) is 3.12. The summed E-state index contributed by atoms with van der Waals surface area (Å²) in [6.45, 7) is 5.22. The first-order chi connectivity index (χ1) is 9.76. The van der Waals surface area contributed by atoms with Crippen LogP contribution in [0, 0.1) is 0 Å². The molecular weight excluding hydrogens is 270 g/mol. The lowest BCUT2D eigenvalue weighted by Crippen LogP contribution is -2.26. The Bertz CT molecular complexity index is 428. The number of aliphatic hydroxyl groups excluding tert-OH is 1. The first-order valence-electron chi connectivity index (χ1n) is 7.87. The van der Waals surface area contributed by atoms with Gasteiger partial charge in [0.15, 0.2) is 0 Å². The number of hydrogen-bond acceptors (Lipinski definition) is 4. The second-order valence-electron chi connectivity index (χ2n) is 6.04. The van der Waals surface area contributed by atoms with Crippen molar-refractivity contribution in [3.05, 3.63) is 21.9 Å². The summed E-state index contributed by atoms with van der Waals surface area (Å²) in [5.74, 6) is 0.814. The summed E-state index contributed by atoms with van der Waals surface area (Å²) in [4.78, 5) is 5.31. The molecular formula is C16H25NO2S. The van der Waals surface area contributed by atoms with Gasteiger partial charge in [-0.2, -0.15) is 0 Å². The van der Waals surface area contributed by atoms with Crippen LogP contribution in [-0.4, -0.2) is 41.9 Å². The molecule has 0 amide bonds. The van der Waals surface area contributed by atoms with E-state index >= 15 is 0 Å². The van der Waals surface area contributed by atoms with Crippen LogP contribution in [0.2, 0.25) is 0 Å². The number of nitrogens with zero attached hydrogens (tertiary/aromatic N) is 1. The molecule has 2 heterocycles. The fraction of sp³-hybridized carbons (Fsp3) is 0.750. The van der Waals surface area contributed by atoms with Crippen molar-refractivity contribution in [2.75, 3.05) is 19.7 Å². The smallest absolute Gasteiger partial charge is 0.0972 e. The molecule has 1 N–H and O–H groups in total. The van der Waals surface area contributed by atoms with E-state index < -0.39 is 0 Å². The lowest BCUT2D eigenvalue weighted by atomic mass is 10.1. The van der Waals surface area contributed by atoms with Gasteiger partial charge in [0.05, 0.1) is 12.2 Å². The van der Waals surface area contributed by atoms with E-state index in [-0.39, 0.29) is 12.2 Å². The third-order valence-corrected chi connectivity index (χ3v) is 5.75. The van der Waals surface area contributed by atoms with Crippen LogP contribution in [0.15, 0.2) is 12.1 Å². The first kappa shape index (κ1) is 14.5. The molecule has 1 saturated heterocycles. The van der Waals surface area contributed by atoms with Crippen LogP contribution < -0.4 is 0 Å². The van der Waals surface area contributed by atoms with Gasteiger partial charge in [-0.1, -0.05) is 12.8 Å². The minimum atomic E-state index is -0.329. The van der Waals surface area contributed by atoms with E-state index in [1.54, 1.807) is 4.88 Å². The molecule has 3 nitrogen and oxygen atoms in total. The second-order valence-corrected chi connectivity index (χ2v) is 7.24. The van der Waals surface area contributed by atoms with Crippen LogP contribution in [-0.2, 0) is 11.3 Å². The molecule has 2 fully saturated rings. The molecule has 1 saturated carbocycles. The molecule has 0 bridgehead atoms. The van der Waals surface area contributed by atoms with Crippen molar-refractivity contribution in [3.8, 4) is 0 Å². The number of ether oxygens (including phenoxy) is 1. The van der Waals surface area contributed by atoms with Gasteiger partial charge in [-0.3, -0.25) is 4.90 Å². The molecule has 1 aromatic rings. The van der Waals surface area contributed by atoms with Crippen LogP contribution in [0.1, 0.15) is 48.3 Å². The Morgan fingerprint density at radius 1 is 1.30 bits per heavy atom. The zero-order valence-electron chi connectivity index (χ0n) is 12.3. The summed E-state index contributed by atoms with van der Waals surface area (Å²) in [6.07, 6.45) is 5.20. The number of aliphatic hydroxyl groups is 1. The summed E-state index contributed by atoms with van der Waals surface area (Å²) in [5, 5.41) is 9.98. The third-order valence-electron chi connectivity index (χ3n) is 4.51. The van der Waals surface area contributed by atoms with Crippen molar-refractivity contribution in [2.24, 2.45) is 0 Å². The number of rotatable bonds is 5. The van der Waals surface area contributed by atoms with Crippen molar-refractivity contribution < 1.29 is 9.84 Å². The van der Waals surface area contributed by atoms with E-state index in [1.807, 2.05) is 18.3 Å². The van der Waals surface area contributed by atoms with E-state index in [9.17, 15) is 5.11 Å². The van der Waals surface area contributed by atoms with Crippen LogP contribution >= 0.6 is 11.3 Å². The minimum absolute atomic E-state index is 0.00531. The predicted octanol–water partition coefficient (Wildman–Crippen LogP) is 2.99. The fourth-order valence-corrected chi connectivity index (χ4v) is 4.69. The Morgan fingerprint density at radius 2 is 2.10 bits per heavy atom. The molecule has 2 aliphatic rings. The van der Waals surface area contributed by atoms with Crippen LogP contribution in [0.3, 0.4) is 0 Å². The quantitative estimate of drug-likeness (QED) is 0.906. The average molecular weight is 295 g/mol. The molecule has 1 aliphatic heterocycles. The number of thiophene rings is 1. The Hall–Kier alpha value is -0.420. The van der Waals surface area contributed by atoms with Gasteiger partial charge >= 0.3 is 0 Å². The lowest BCUT2D eigenvalue weighted by molar-refractivity contribution is -0.00244. The molecule has 1 aromatic heterocycles. The van der Waals surface area contributed by atoms with E-state index in [2.05, 4.69) is 17.0 Å². The van der Waals surface area contributed by atoms with Crippen molar-refractivity contribution in [2.45, 2.75) is 57.3 Å². The maximum absolute atomic E-state index is 9.98. The van der Waals surface area contributed by atoms with Gasteiger partial charge in [-0.05, 0) is 37.8 Å². The van der Waals surface area contributed by atoms with Crippen LogP contribution in [0.25, 0.3) is 0 Å². The van der Waals surface area contributed by atoms with Crippen molar-refractivity contribution in [1.82, 2.24) is 4.90 Å². The number of likely N-dealkylation sites (tertiary alicyclic amines) is 1. The summed E-state index contributed by atoms with van der Waals surface area (Å²) >= 11 is 1.97. The molecule has 0 radical (unpaired) electrons. The summed E-state index contributed by atoms with van der Waals surface area (Å²) < 4.78 is 5.58. The van der Waals surface area contributed by atoms with Gasteiger partial charge in [0.1, 0.15) is 0 Å². The standard InChI is InChI=1S/C16H25NO2S/c1-2-19-15-11-17(10-14(15)18)9-13-7-8-16(20-13)12-5-3-4-6-12/h7-8,12,14-15,18H,2-6,9-11H2,1H3/t14-,15-/m1/s1. The Morgan fingerprint density at radius 3 is 2.85 bits per heavy atom. The van der Waals surface area contributed by atoms with Gasteiger partial charge in [0.25, 0.3) is 0 Å². The molecule has 4 heteroatoms. The summed E-state index contributed by atoms with van der Waals surface area (Å²) in [7, 11) is 0. The maximum Gasteiger partial charge on any atom is 0.0972 e. The number of hydrogen-bond donors (Lipinski definition) is 1. The summed E-state index contributed by atoms with van der Waals surface area (Å²) in [5.41, 5.74) is 0. The molecule has 0 aromatic carbocycles. The molecule has 20 heavy (non-hydrogen) atoms. The molecule has 0 spiro atoms. The normalized spacial score (nSPS) is 28.5. The largest absolute Gasteiger partial charge is 0.389 e. The molecule has 112 valence electrons.